The number of amidine groups is 1. The number of nitrogens with zero attached hydrogens (tertiary/aromatic N) is 1. The van der Waals surface area contributed by atoms with E-state index in [-0.39, 0.29) is 16.5 Å². The van der Waals surface area contributed by atoms with Gasteiger partial charge in [-0.25, -0.2) is 8.42 Å². The molecule has 1 aromatic rings. The molecule has 21 heavy (non-hydrogen) atoms. The summed E-state index contributed by atoms with van der Waals surface area (Å²) in [5.41, 5.74) is 5.84. The fourth-order valence-electron chi connectivity index (χ4n) is 1.71. The molecule has 0 fully saturated rings. The molecule has 0 aromatic heterocycles. The predicted octanol–water partition coefficient (Wildman–Crippen LogP) is 1.11. The summed E-state index contributed by atoms with van der Waals surface area (Å²) in [6.07, 6.45) is 4.84. The topological polar surface area (TPSA) is 105 Å². The fraction of sp³-hybridized carbons (Fsp3) is 0.357. The van der Waals surface area contributed by atoms with Crippen molar-refractivity contribution in [3.63, 3.8) is 0 Å². The number of nitrogens with two attached hydrogens (primary N) is 1. The Morgan fingerprint density at radius 1 is 1.43 bits per heavy atom. The number of rotatable bonds is 8. The molecule has 0 unspecified atom stereocenters. The smallest absolute Gasteiger partial charge is 0.179 e. The van der Waals surface area contributed by atoms with Gasteiger partial charge >= 0.3 is 0 Å². The van der Waals surface area contributed by atoms with Crippen LogP contribution in [0.3, 0.4) is 0 Å². The van der Waals surface area contributed by atoms with Gasteiger partial charge < -0.3 is 16.3 Å². The van der Waals surface area contributed by atoms with E-state index in [9.17, 15) is 8.42 Å². The molecule has 0 bridgehead atoms. The van der Waals surface area contributed by atoms with Crippen LogP contribution in [-0.4, -0.2) is 38.3 Å². The van der Waals surface area contributed by atoms with Gasteiger partial charge in [0.25, 0.3) is 0 Å². The zero-order valence-corrected chi connectivity index (χ0v) is 12.8. The monoisotopic (exact) mass is 311 g/mol. The number of sulfone groups is 1. The molecule has 4 N–H and O–H groups in total. The van der Waals surface area contributed by atoms with Crippen LogP contribution in [0, 0.1) is 0 Å². The minimum atomic E-state index is -3.39. The van der Waals surface area contributed by atoms with E-state index in [0.717, 1.165) is 13.0 Å². The van der Waals surface area contributed by atoms with Crippen molar-refractivity contribution in [1.29, 1.82) is 0 Å². The van der Waals surface area contributed by atoms with Crippen LogP contribution in [0.15, 0.2) is 46.5 Å². The SMILES string of the molecule is C/C=C/CCNCCS(=O)(=O)c1cccc(/C(N)=N/O)c1. The summed E-state index contributed by atoms with van der Waals surface area (Å²) in [5.74, 6) is -0.112. The third-order valence-electron chi connectivity index (χ3n) is 2.87. The lowest BCUT2D eigenvalue weighted by atomic mass is 10.2. The van der Waals surface area contributed by atoms with Gasteiger partial charge in [-0.15, -0.1) is 0 Å². The molecule has 1 rings (SSSR count). The van der Waals surface area contributed by atoms with Crippen molar-refractivity contribution in [2.24, 2.45) is 10.9 Å². The van der Waals surface area contributed by atoms with Crippen molar-refractivity contribution in [1.82, 2.24) is 5.32 Å². The molecule has 0 heterocycles. The van der Waals surface area contributed by atoms with Crippen LogP contribution >= 0.6 is 0 Å². The van der Waals surface area contributed by atoms with E-state index in [1.807, 2.05) is 19.1 Å². The second-order valence-corrected chi connectivity index (χ2v) is 6.55. The first-order valence-electron chi connectivity index (χ1n) is 6.64. The summed E-state index contributed by atoms with van der Waals surface area (Å²) in [6, 6.07) is 6.07. The van der Waals surface area contributed by atoms with E-state index in [1.165, 1.54) is 12.1 Å². The molecule has 0 spiro atoms. The van der Waals surface area contributed by atoms with Crippen molar-refractivity contribution in [2.75, 3.05) is 18.8 Å². The van der Waals surface area contributed by atoms with Gasteiger partial charge in [-0.3, -0.25) is 0 Å². The number of benzene rings is 1. The highest BCUT2D eigenvalue weighted by molar-refractivity contribution is 7.91. The molecule has 6 nitrogen and oxygen atoms in total. The fourth-order valence-corrected chi connectivity index (χ4v) is 2.95. The third kappa shape index (κ3) is 5.57. The van der Waals surface area contributed by atoms with E-state index >= 15 is 0 Å². The van der Waals surface area contributed by atoms with Gasteiger partial charge in [0, 0.05) is 12.1 Å². The maximum absolute atomic E-state index is 12.2. The Hall–Kier alpha value is -1.86. The molecular formula is C14H21N3O3S. The Morgan fingerprint density at radius 3 is 2.86 bits per heavy atom. The molecule has 0 amide bonds. The van der Waals surface area contributed by atoms with E-state index in [2.05, 4.69) is 10.5 Å². The van der Waals surface area contributed by atoms with Crippen LogP contribution < -0.4 is 11.1 Å². The first kappa shape index (κ1) is 17.2. The van der Waals surface area contributed by atoms with E-state index in [1.54, 1.807) is 12.1 Å². The Bertz CT molecular complexity index is 610. The molecule has 0 radical (unpaired) electrons. The second kappa shape index (κ2) is 8.43. The summed E-state index contributed by atoms with van der Waals surface area (Å²) < 4.78 is 24.4. The molecule has 0 atom stereocenters. The molecule has 1 aromatic carbocycles. The van der Waals surface area contributed by atoms with Gasteiger partial charge in [-0.1, -0.05) is 29.4 Å². The van der Waals surface area contributed by atoms with Crippen molar-refractivity contribution < 1.29 is 13.6 Å². The number of allylic oxidation sites excluding steroid dienone is 1. The number of nitrogens with one attached hydrogen (secondary N) is 1. The highest BCUT2D eigenvalue weighted by Crippen LogP contribution is 2.13. The Labute approximate surface area is 125 Å². The van der Waals surface area contributed by atoms with Crippen LogP contribution in [-0.2, 0) is 9.84 Å². The average Bonchev–Trinajstić information content (AvgIpc) is 2.50. The van der Waals surface area contributed by atoms with Crippen molar-refractivity contribution in [3.05, 3.63) is 42.0 Å². The Morgan fingerprint density at radius 2 is 2.19 bits per heavy atom. The minimum absolute atomic E-state index is 0.00245. The van der Waals surface area contributed by atoms with E-state index < -0.39 is 9.84 Å². The molecule has 7 heteroatoms. The largest absolute Gasteiger partial charge is 0.409 e. The molecular weight excluding hydrogens is 290 g/mol. The van der Waals surface area contributed by atoms with Crippen LogP contribution in [0.4, 0.5) is 0 Å². The predicted molar refractivity (Wildman–Crippen MR) is 83.3 cm³/mol. The summed E-state index contributed by atoms with van der Waals surface area (Å²) >= 11 is 0. The first-order chi connectivity index (χ1) is 10.0. The van der Waals surface area contributed by atoms with Crippen LogP contribution in [0.1, 0.15) is 18.9 Å². The Kier molecular flexibility index (Phi) is 6.90. The molecule has 116 valence electrons. The number of oxime groups is 1. The summed E-state index contributed by atoms with van der Waals surface area (Å²) in [6.45, 7) is 3.07. The van der Waals surface area contributed by atoms with Gasteiger partial charge in [0.05, 0.1) is 10.6 Å². The van der Waals surface area contributed by atoms with Crippen molar-refractivity contribution in [2.45, 2.75) is 18.2 Å². The van der Waals surface area contributed by atoms with Gasteiger partial charge in [0.2, 0.25) is 0 Å². The zero-order chi connectivity index (χ0) is 15.7. The molecule has 0 aliphatic carbocycles. The standard InChI is InChI=1S/C14H21N3O3S/c1-2-3-4-8-16-9-10-21(19,20)13-7-5-6-12(11-13)14(15)17-18/h2-3,5-7,11,16,18H,4,8-10H2,1H3,(H2,15,17)/b3-2+. The lowest BCUT2D eigenvalue weighted by molar-refractivity contribution is 0.318. The maximum Gasteiger partial charge on any atom is 0.179 e. The Balaban J connectivity index is 2.66. The highest BCUT2D eigenvalue weighted by atomic mass is 32.2. The summed E-state index contributed by atoms with van der Waals surface area (Å²) in [5, 5.41) is 14.6. The quantitative estimate of drug-likeness (QED) is 0.167. The lowest BCUT2D eigenvalue weighted by Crippen LogP contribution is -2.24. The van der Waals surface area contributed by atoms with Crippen LogP contribution in [0.5, 0.6) is 0 Å². The van der Waals surface area contributed by atoms with Gasteiger partial charge in [0.15, 0.2) is 15.7 Å². The average molecular weight is 311 g/mol. The van der Waals surface area contributed by atoms with Crippen molar-refractivity contribution in [3.8, 4) is 0 Å². The molecule has 0 aliphatic rings. The molecule has 0 saturated heterocycles. The lowest BCUT2D eigenvalue weighted by Gasteiger charge is -2.07. The maximum atomic E-state index is 12.2. The van der Waals surface area contributed by atoms with E-state index in [4.69, 9.17) is 10.9 Å². The molecule has 0 aliphatic heterocycles. The van der Waals surface area contributed by atoms with Crippen LogP contribution in [0.25, 0.3) is 0 Å². The second-order valence-electron chi connectivity index (χ2n) is 4.44. The number of hydrogen-bond donors (Lipinski definition) is 3. The van der Waals surface area contributed by atoms with Gasteiger partial charge in [0.1, 0.15) is 0 Å². The first-order valence-corrected chi connectivity index (χ1v) is 8.29. The van der Waals surface area contributed by atoms with Crippen molar-refractivity contribution >= 4 is 15.7 Å². The summed E-state index contributed by atoms with van der Waals surface area (Å²) in [4.78, 5) is 0.168. The normalized spacial score (nSPS) is 12.9. The zero-order valence-electron chi connectivity index (χ0n) is 12.0. The third-order valence-corrected chi connectivity index (χ3v) is 4.58. The van der Waals surface area contributed by atoms with Gasteiger partial charge in [-0.2, -0.15) is 0 Å². The molecule has 0 saturated carbocycles. The van der Waals surface area contributed by atoms with Crippen LogP contribution in [0.2, 0.25) is 0 Å². The van der Waals surface area contributed by atoms with E-state index in [0.29, 0.717) is 12.1 Å². The minimum Gasteiger partial charge on any atom is -0.409 e. The summed E-state index contributed by atoms with van der Waals surface area (Å²) in [7, 11) is -3.39. The van der Waals surface area contributed by atoms with Gasteiger partial charge in [-0.05, 0) is 32.0 Å². The highest BCUT2D eigenvalue weighted by Gasteiger charge is 2.15. The number of hydrogen-bond acceptors (Lipinski definition) is 5.